The molecule has 180 valence electrons. The van der Waals surface area contributed by atoms with E-state index >= 15 is 0 Å². The molecule has 2 unspecified atom stereocenters. The van der Waals surface area contributed by atoms with Crippen LogP contribution >= 0.6 is 0 Å². The summed E-state index contributed by atoms with van der Waals surface area (Å²) in [6.45, 7) is 2.41. The number of alkyl halides is 2. The van der Waals surface area contributed by atoms with Gasteiger partial charge in [-0.3, -0.25) is 4.79 Å². The maximum absolute atomic E-state index is 14.4. The van der Waals surface area contributed by atoms with Crippen LogP contribution < -0.4 is 15.5 Å². The Kier molecular flexibility index (Phi) is 5.27. The average molecular weight is 463 g/mol. The first-order valence-electron chi connectivity index (χ1n) is 12.7. The SMILES string of the molecule is O=C1NCC(CC2CC2)N2c3c(cc(F)cc31)NC2C1CCN(C2CCC(F)(F)CC2)CC1. The largest absolute Gasteiger partial charge is 0.363 e. The monoisotopic (exact) mass is 462 g/mol. The summed E-state index contributed by atoms with van der Waals surface area (Å²) in [4.78, 5) is 17.6. The van der Waals surface area contributed by atoms with Crippen LogP contribution in [0.5, 0.6) is 0 Å². The van der Waals surface area contributed by atoms with Gasteiger partial charge in [-0.1, -0.05) is 12.8 Å². The second-order valence-corrected chi connectivity index (χ2v) is 10.8. The fourth-order valence-electron chi connectivity index (χ4n) is 6.61. The lowest BCUT2D eigenvalue weighted by atomic mass is 9.87. The highest BCUT2D eigenvalue weighted by Crippen LogP contribution is 2.47. The van der Waals surface area contributed by atoms with E-state index in [9.17, 15) is 18.0 Å². The number of likely N-dealkylation sites (tertiary alicyclic amines) is 1. The Morgan fingerprint density at radius 3 is 2.45 bits per heavy atom. The third-order valence-corrected chi connectivity index (χ3v) is 8.60. The summed E-state index contributed by atoms with van der Waals surface area (Å²) in [5.74, 6) is -2.00. The van der Waals surface area contributed by atoms with Crippen molar-refractivity contribution in [3.8, 4) is 0 Å². The van der Waals surface area contributed by atoms with Gasteiger partial charge in [0.25, 0.3) is 5.91 Å². The summed E-state index contributed by atoms with van der Waals surface area (Å²) in [6.07, 6.45) is 6.70. The number of carbonyl (C=O) groups is 1. The number of halogens is 3. The molecule has 3 fully saturated rings. The van der Waals surface area contributed by atoms with E-state index in [-0.39, 0.29) is 37.0 Å². The summed E-state index contributed by atoms with van der Waals surface area (Å²) in [7, 11) is 0. The number of carbonyl (C=O) groups excluding carboxylic acids is 1. The van der Waals surface area contributed by atoms with Crippen LogP contribution in [0.1, 0.15) is 68.1 Å². The minimum atomic E-state index is -2.49. The van der Waals surface area contributed by atoms with Crippen molar-refractivity contribution in [2.45, 2.75) is 82.0 Å². The summed E-state index contributed by atoms with van der Waals surface area (Å²) in [5.41, 5.74) is 2.02. The smallest absolute Gasteiger partial charge is 0.253 e. The highest BCUT2D eigenvalue weighted by molar-refractivity contribution is 6.04. The maximum Gasteiger partial charge on any atom is 0.253 e. The van der Waals surface area contributed by atoms with Gasteiger partial charge in [-0.05, 0) is 63.2 Å². The predicted octanol–water partition coefficient (Wildman–Crippen LogP) is 4.59. The molecule has 3 aliphatic heterocycles. The highest BCUT2D eigenvalue weighted by atomic mass is 19.3. The first-order chi connectivity index (χ1) is 15.9. The lowest BCUT2D eigenvalue weighted by Gasteiger charge is -2.44. The Bertz CT molecular complexity index is 918. The molecule has 6 rings (SSSR count). The summed E-state index contributed by atoms with van der Waals surface area (Å²) >= 11 is 0. The molecule has 2 saturated carbocycles. The zero-order valence-electron chi connectivity index (χ0n) is 19.0. The van der Waals surface area contributed by atoms with E-state index in [0.717, 1.165) is 43.7 Å². The molecule has 33 heavy (non-hydrogen) atoms. The molecule has 1 aromatic carbocycles. The molecule has 2 N–H and O–H groups in total. The predicted molar refractivity (Wildman–Crippen MR) is 121 cm³/mol. The van der Waals surface area contributed by atoms with Crippen molar-refractivity contribution in [2.24, 2.45) is 11.8 Å². The molecule has 0 aromatic heterocycles. The van der Waals surface area contributed by atoms with Gasteiger partial charge >= 0.3 is 0 Å². The van der Waals surface area contributed by atoms with Crippen LogP contribution in [0, 0.1) is 17.7 Å². The molecule has 5 nitrogen and oxygen atoms in total. The topological polar surface area (TPSA) is 47.6 Å². The minimum Gasteiger partial charge on any atom is -0.363 e. The van der Waals surface area contributed by atoms with Gasteiger partial charge in [-0.25, -0.2) is 13.2 Å². The van der Waals surface area contributed by atoms with Gasteiger partial charge in [0.15, 0.2) is 0 Å². The summed E-state index contributed by atoms with van der Waals surface area (Å²) < 4.78 is 41.6. The van der Waals surface area contributed by atoms with E-state index in [0.29, 0.717) is 36.8 Å². The Morgan fingerprint density at radius 2 is 1.76 bits per heavy atom. The van der Waals surface area contributed by atoms with Crippen LogP contribution in [-0.4, -0.2) is 54.6 Å². The molecule has 1 amide bonds. The standard InChI is InChI=1S/C25H33F3N4O/c26-17-12-20-22-21(13-17)30-23(32(22)19(11-15-1-2-15)14-29-24(20)33)16-5-9-31(10-6-16)18-3-7-25(27,28)8-4-18/h12-13,15-16,18-19,23,30H,1-11,14H2,(H,29,33). The van der Waals surface area contributed by atoms with Crippen molar-refractivity contribution < 1.29 is 18.0 Å². The molecule has 1 aromatic rings. The molecule has 0 spiro atoms. The Balaban J connectivity index is 1.21. The third-order valence-electron chi connectivity index (χ3n) is 8.60. The van der Waals surface area contributed by atoms with Crippen molar-refractivity contribution in [3.05, 3.63) is 23.5 Å². The Labute approximate surface area is 193 Å². The molecular formula is C25H33F3N4O. The fourth-order valence-corrected chi connectivity index (χ4v) is 6.61. The van der Waals surface area contributed by atoms with E-state index in [4.69, 9.17) is 0 Å². The number of benzene rings is 1. The van der Waals surface area contributed by atoms with Crippen molar-refractivity contribution in [1.29, 1.82) is 0 Å². The number of hydrogen-bond donors (Lipinski definition) is 2. The fraction of sp³-hybridized carbons (Fsp3) is 0.720. The van der Waals surface area contributed by atoms with Gasteiger partial charge in [-0.2, -0.15) is 0 Å². The molecule has 8 heteroatoms. The van der Waals surface area contributed by atoms with Gasteiger partial charge in [-0.15, -0.1) is 0 Å². The van der Waals surface area contributed by atoms with Gasteiger partial charge in [0, 0.05) is 37.4 Å². The molecule has 0 radical (unpaired) electrons. The third kappa shape index (κ3) is 4.08. The average Bonchev–Trinajstić information content (AvgIpc) is 3.55. The van der Waals surface area contributed by atoms with Crippen LogP contribution in [0.4, 0.5) is 24.5 Å². The maximum atomic E-state index is 14.4. The molecule has 5 aliphatic rings. The first kappa shape index (κ1) is 21.6. The molecule has 1 saturated heterocycles. The van der Waals surface area contributed by atoms with Crippen LogP contribution in [0.25, 0.3) is 0 Å². The molecule has 2 atom stereocenters. The van der Waals surface area contributed by atoms with Crippen molar-refractivity contribution >= 4 is 17.3 Å². The highest BCUT2D eigenvalue weighted by Gasteiger charge is 2.45. The Hall–Kier alpha value is -1.96. The first-order valence-corrected chi connectivity index (χ1v) is 12.7. The van der Waals surface area contributed by atoms with E-state index < -0.39 is 11.7 Å². The number of nitrogens with one attached hydrogen (secondary N) is 2. The molecule has 3 heterocycles. The van der Waals surface area contributed by atoms with E-state index in [1.165, 1.54) is 25.0 Å². The van der Waals surface area contributed by atoms with Gasteiger partial charge in [0.05, 0.1) is 16.9 Å². The van der Waals surface area contributed by atoms with Crippen LogP contribution in [-0.2, 0) is 0 Å². The zero-order chi connectivity index (χ0) is 22.7. The number of nitrogens with zero attached hydrogens (tertiary/aromatic N) is 2. The van der Waals surface area contributed by atoms with Crippen molar-refractivity contribution in [2.75, 3.05) is 29.9 Å². The Morgan fingerprint density at radius 1 is 1.03 bits per heavy atom. The zero-order valence-corrected chi connectivity index (χ0v) is 19.0. The summed E-state index contributed by atoms with van der Waals surface area (Å²) in [6, 6.07) is 3.36. The van der Waals surface area contributed by atoms with Crippen LogP contribution in [0.3, 0.4) is 0 Å². The van der Waals surface area contributed by atoms with Gasteiger partial charge in [0.2, 0.25) is 5.92 Å². The van der Waals surface area contributed by atoms with Crippen molar-refractivity contribution in [3.63, 3.8) is 0 Å². The van der Waals surface area contributed by atoms with Crippen LogP contribution in [0.15, 0.2) is 12.1 Å². The van der Waals surface area contributed by atoms with Gasteiger partial charge < -0.3 is 20.4 Å². The minimum absolute atomic E-state index is 0.00305. The van der Waals surface area contributed by atoms with E-state index in [1.807, 2.05) is 0 Å². The normalized spacial score (nSPS) is 30.5. The number of anilines is 2. The van der Waals surface area contributed by atoms with Gasteiger partial charge in [0.1, 0.15) is 12.0 Å². The number of rotatable bonds is 4. The van der Waals surface area contributed by atoms with E-state index in [2.05, 4.69) is 20.4 Å². The second-order valence-electron chi connectivity index (χ2n) is 10.8. The number of hydrogen-bond acceptors (Lipinski definition) is 4. The van der Waals surface area contributed by atoms with Crippen molar-refractivity contribution in [1.82, 2.24) is 10.2 Å². The summed E-state index contributed by atoms with van der Waals surface area (Å²) in [5, 5.41) is 6.63. The second kappa shape index (κ2) is 8.07. The molecule has 2 aliphatic carbocycles. The number of amides is 1. The molecular weight excluding hydrogens is 429 g/mol. The quantitative estimate of drug-likeness (QED) is 0.688. The lowest BCUT2D eigenvalue weighted by Crippen LogP contribution is -2.53. The van der Waals surface area contributed by atoms with Crippen LogP contribution in [0.2, 0.25) is 0 Å². The number of piperidine rings is 1. The lowest BCUT2D eigenvalue weighted by molar-refractivity contribution is -0.0569. The molecule has 0 bridgehead atoms. The van der Waals surface area contributed by atoms with E-state index in [1.54, 1.807) is 0 Å².